The number of unbranched alkanes of at least 4 members (excludes halogenated alkanes) is 3. The van der Waals surface area contributed by atoms with Gasteiger partial charge in [0, 0.05) is 17.3 Å². The number of para-hydroxylation sites is 1. The van der Waals surface area contributed by atoms with Crippen molar-refractivity contribution in [1.82, 2.24) is 30.1 Å². The summed E-state index contributed by atoms with van der Waals surface area (Å²) >= 11 is 6.75. The van der Waals surface area contributed by atoms with Crippen molar-refractivity contribution < 1.29 is 52.5 Å². The number of nitrogens with zero attached hydrogens (tertiary/aromatic N) is 9. The van der Waals surface area contributed by atoms with Crippen LogP contribution < -0.4 is 5.10 Å². The van der Waals surface area contributed by atoms with Gasteiger partial charge in [-0.05, 0) is 113 Å². The van der Waals surface area contributed by atoms with Gasteiger partial charge in [0.05, 0.1) is 40.4 Å². The van der Waals surface area contributed by atoms with Crippen LogP contribution >= 0.6 is 34.9 Å². The number of thiocarbonyl (C=S) groups is 1. The van der Waals surface area contributed by atoms with E-state index in [0.717, 1.165) is 39.6 Å². The second kappa shape index (κ2) is 24.2. The van der Waals surface area contributed by atoms with Gasteiger partial charge in [-0.3, -0.25) is 19.6 Å². The molecule has 6 heterocycles. The SMILES string of the molecule is CCCCCCc1ccsc1-c1ccnc(-c2cc(C(F)(F)F)n[n-]2)c1.[C-]#[N+]/C(=C/c1ccnc(-c2cc(/C=C(/[N+]#[C-])C(=O)O)cc(-c3nc4ccccc4s3)n2)c1)C(=O)O.[N-]=C=S.[Ru+2]. The predicted octanol–water partition coefficient (Wildman–Crippen LogP) is 11.7. The van der Waals surface area contributed by atoms with Crippen LogP contribution in [0.15, 0.2) is 102 Å². The van der Waals surface area contributed by atoms with Crippen LogP contribution in [0.5, 0.6) is 0 Å². The fourth-order valence-electron chi connectivity index (χ4n) is 5.93. The number of alkyl halides is 3. The fourth-order valence-corrected chi connectivity index (χ4v) is 7.81. The van der Waals surface area contributed by atoms with Crippen LogP contribution in [0.3, 0.4) is 0 Å². The molecule has 0 aliphatic carbocycles. The Morgan fingerprint density at radius 3 is 2.15 bits per heavy atom. The van der Waals surface area contributed by atoms with Gasteiger partial charge in [-0.15, -0.1) is 22.7 Å². The summed E-state index contributed by atoms with van der Waals surface area (Å²) in [5.74, 6) is -2.70. The Labute approximate surface area is 396 Å². The summed E-state index contributed by atoms with van der Waals surface area (Å²) in [6.45, 7) is 16.4. The first-order valence-electron chi connectivity index (χ1n) is 18.9. The van der Waals surface area contributed by atoms with Crippen LogP contribution in [0, 0.1) is 13.1 Å². The molecule has 0 saturated carbocycles. The number of halogens is 3. The van der Waals surface area contributed by atoms with Crippen molar-refractivity contribution in [2.75, 3.05) is 0 Å². The van der Waals surface area contributed by atoms with E-state index in [0.29, 0.717) is 38.9 Å². The zero-order valence-corrected chi connectivity index (χ0v) is 38.0. The van der Waals surface area contributed by atoms with Gasteiger partial charge in [0.25, 0.3) is 11.4 Å². The van der Waals surface area contributed by atoms with E-state index in [1.807, 2.05) is 30.3 Å². The summed E-state index contributed by atoms with van der Waals surface area (Å²) in [5.41, 5.74) is 3.66. The smallest absolute Gasteiger partial charge is 0.753 e. The third kappa shape index (κ3) is 14.0. The summed E-state index contributed by atoms with van der Waals surface area (Å²) in [6.07, 6.45) is 6.80. The third-order valence-electron chi connectivity index (χ3n) is 8.85. The van der Waals surface area contributed by atoms with Gasteiger partial charge < -0.3 is 25.8 Å². The molecular weight excluding hydrogens is 985 g/mol. The van der Waals surface area contributed by atoms with Gasteiger partial charge in [-0.25, -0.2) is 19.7 Å². The molecular formula is C45H32F3N9O4RuS3. The van der Waals surface area contributed by atoms with Crippen LogP contribution in [-0.4, -0.2) is 52.3 Å². The van der Waals surface area contributed by atoms with Crippen LogP contribution in [0.4, 0.5) is 13.2 Å². The number of rotatable bonds is 13. The largest absolute Gasteiger partial charge is 2.00 e. The number of carboxylic acid groups (broad SMARTS) is 2. The number of isothiocyanates is 1. The van der Waals surface area contributed by atoms with E-state index in [1.165, 1.54) is 59.7 Å². The van der Waals surface area contributed by atoms with Gasteiger partial charge >= 0.3 is 37.6 Å². The number of thiophene rings is 1. The Balaban J connectivity index is 0.000000274. The van der Waals surface area contributed by atoms with Crippen molar-refractivity contribution in [2.45, 2.75) is 45.2 Å². The van der Waals surface area contributed by atoms with E-state index >= 15 is 0 Å². The minimum Gasteiger partial charge on any atom is -0.753 e. The Kier molecular flexibility index (Phi) is 18.9. The molecule has 0 aliphatic heterocycles. The molecule has 0 radical (unpaired) electrons. The normalized spacial score (nSPS) is 11.1. The summed E-state index contributed by atoms with van der Waals surface area (Å²) in [4.78, 5) is 47.6. The number of carboxylic acids is 2. The molecule has 0 amide bonds. The Morgan fingerprint density at radius 1 is 0.862 bits per heavy atom. The predicted molar refractivity (Wildman–Crippen MR) is 243 cm³/mol. The van der Waals surface area contributed by atoms with E-state index in [-0.39, 0.29) is 25.2 Å². The maximum absolute atomic E-state index is 12.7. The molecule has 13 nitrogen and oxygen atoms in total. The fraction of sp³-hybridized carbons (Fsp3) is 0.156. The van der Waals surface area contributed by atoms with Gasteiger partial charge in [-0.1, -0.05) is 56.2 Å². The Bertz CT molecular complexity index is 2950. The molecule has 20 heteroatoms. The van der Waals surface area contributed by atoms with Crippen LogP contribution in [0.25, 0.3) is 81.4 Å². The standard InChI is InChI=1S/C25H13N5O4S.C19H19F3N3S.CNS.Ru/c1-26-20(24(31)32)10-14-7-8-28-17(9-14)18-11-15(13-21(27-2)25(33)34)12-19(29-18)23-30-16-5-3-4-6-22(16)35-23;1-2-3-4-5-6-13-8-10-26-18(13)14-7-9-23-15(11-14)16-12-17(25-24-16)19(20,21)22;2-1-3;/h3-13H,(H,31,32)(H,33,34);7-12H,2-6H2,1H3;;/q;2*-1;+2/b20-10+,21-13+;;;. The molecule has 0 atom stereocenters. The van der Waals surface area contributed by atoms with Crippen molar-refractivity contribution >= 4 is 74.4 Å². The Morgan fingerprint density at radius 2 is 1.51 bits per heavy atom. The monoisotopic (exact) mass is 1020 g/mol. The molecule has 0 spiro atoms. The second-order valence-electron chi connectivity index (χ2n) is 13.2. The number of thiazole rings is 1. The van der Waals surface area contributed by atoms with Crippen molar-refractivity contribution in [3.63, 3.8) is 0 Å². The molecule has 7 rings (SSSR count). The van der Waals surface area contributed by atoms with Gasteiger partial charge in [-0.2, -0.15) is 18.3 Å². The van der Waals surface area contributed by atoms with Crippen LogP contribution in [0.1, 0.15) is 55.0 Å². The van der Waals surface area contributed by atoms with Crippen molar-refractivity contribution in [1.29, 1.82) is 0 Å². The topological polar surface area (TPSA) is 184 Å². The number of aromatic nitrogens is 6. The molecule has 0 fully saturated rings. The quantitative estimate of drug-likeness (QED) is 0.0280. The number of fused-ring (bicyclic) bond motifs is 1. The number of hydrogen-bond donors (Lipinski definition) is 2. The third-order valence-corrected chi connectivity index (χ3v) is 10.9. The number of benzene rings is 1. The van der Waals surface area contributed by atoms with Crippen LogP contribution in [-0.2, 0) is 41.7 Å². The Hall–Kier alpha value is -6.92. The molecule has 0 aliphatic rings. The van der Waals surface area contributed by atoms with E-state index < -0.39 is 35.2 Å². The first-order chi connectivity index (χ1) is 30.8. The minimum atomic E-state index is -4.50. The van der Waals surface area contributed by atoms with Crippen LogP contribution in [0.2, 0.25) is 0 Å². The summed E-state index contributed by atoms with van der Waals surface area (Å²) in [5, 5.41) is 36.4. The number of hydrogen-bond acceptors (Lipinski definition) is 10. The van der Waals surface area contributed by atoms with Gasteiger partial charge in [0.15, 0.2) is 0 Å². The molecule has 65 heavy (non-hydrogen) atoms. The van der Waals surface area contributed by atoms with Crippen molar-refractivity contribution in [2.24, 2.45) is 0 Å². The zero-order valence-electron chi connectivity index (χ0n) is 33.8. The van der Waals surface area contributed by atoms with Crippen molar-refractivity contribution in [3.8, 4) is 43.9 Å². The molecule has 6 aromatic heterocycles. The molecule has 7 aromatic rings. The summed E-state index contributed by atoms with van der Waals surface area (Å²) < 4.78 is 39.1. The maximum Gasteiger partial charge on any atom is 2.00 e. The van der Waals surface area contributed by atoms with Crippen molar-refractivity contribution in [3.05, 3.63) is 153 Å². The first kappa shape index (κ1) is 50.7. The molecule has 0 unspecified atom stereocenters. The van der Waals surface area contributed by atoms with Gasteiger partial charge in [0.2, 0.25) is 0 Å². The first-order valence-corrected chi connectivity index (χ1v) is 21.0. The average molecular weight is 1020 g/mol. The molecule has 0 bridgehead atoms. The maximum atomic E-state index is 12.7. The molecule has 0 saturated heterocycles. The second-order valence-corrected chi connectivity index (χ2v) is 15.4. The summed E-state index contributed by atoms with van der Waals surface area (Å²) in [7, 11) is 0. The van der Waals surface area contributed by atoms with E-state index in [4.69, 9.17) is 23.7 Å². The van der Waals surface area contributed by atoms with E-state index in [9.17, 15) is 27.9 Å². The molecule has 2 N–H and O–H groups in total. The number of aliphatic carboxylic acids is 2. The summed E-state index contributed by atoms with van der Waals surface area (Å²) in [6, 6.07) is 20.6. The van der Waals surface area contributed by atoms with E-state index in [2.05, 4.69) is 70.4 Å². The minimum absolute atomic E-state index is 0. The number of carbonyl (C=O) groups is 2. The van der Waals surface area contributed by atoms with Gasteiger partial charge in [0.1, 0.15) is 16.4 Å². The number of aryl methyl sites for hydroxylation is 1. The molecule has 328 valence electrons. The van der Waals surface area contributed by atoms with E-state index in [1.54, 1.807) is 47.9 Å². The zero-order chi connectivity index (χ0) is 46.2. The molecule has 1 aromatic carbocycles. The average Bonchev–Trinajstić information content (AvgIpc) is 4.08. The number of pyridine rings is 3.